The first kappa shape index (κ1) is 20.7. The number of carboxylic acids is 1. The van der Waals surface area contributed by atoms with Crippen molar-refractivity contribution >= 4 is 18.2 Å². The van der Waals surface area contributed by atoms with Crippen molar-refractivity contribution in [1.82, 2.24) is 4.90 Å². The standard InChI is InChI=1S/C23H25NO5/c1-15-2-3-19(14-20(15)21(26)10-13-25)22(27)24-11-8-17(9-12-24)16-4-6-18(7-5-16)23(28)29/h2-7,13-14,17,21,26H,8-12H2,1H3,(H,28,29). The molecular weight excluding hydrogens is 370 g/mol. The first-order valence-corrected chi connectivity index (χ1v) is 9.75. The van der Waals surface area contributed by atoms with Crippen LogP contribution in [0.2, 0.25) is 0 Å². The van der Waals surface area contributed by atoms with Gasteiger partial charge in [-0.15, -0.1) is 0 Å². The summed E-state index contributed by atoms with van der Waals surface area (Å²) in [6, 6.07) is 12.2. The van der Waals surface area contributed by atoms with Crippen molar-refractivity contribution in [3.05, 3.63) is 70.3 Å². The largest absolute Gasteiger partial charge is 0.478 e. The van der Waals surface area contributed by atoms with E-state index in [1.165, 1.54) is 0 Å². The molecule has 1 atom stereocenters. The SMILES string of the molecule is Cc1ccc(C(=O)N2CCC(c3ccc(C(=O)O)cc3)CC2)cc1C(O)CC=O. The van der Waals surface area contributed by atoms with Gasteiger partial charge < -0.3 is 19.9 Å². The third-order valence-electron chi connectivity index (χ3n) is 5.62. The number of amides is 1. The van der Waals surface area contributed by atoms with Crippen LogP contribution in [0, 0.1) is 6.92 Å². The predicted molar refractivity (Wildman–Crippen MR) is 108 cm³/mol. The van der Waals surface area contributed by atoms with E-state index in [1.807, 2.05) is 24.0 Å². The maximum Gasteiger partial charge on any atom is 0.335 e. The topological polar surface area (TPSA) is 94.9 Å². The predicted octanol–water partition coefficient (Wildman–Crippen LogP) is 3.34. The van der Waals surface area contributed by atoms with Crippen LogP contribution >= 0.6 is 0 Å². The maximum absolute atomic E-state index is 12.9. The van der Waals surface area contributed by atoms with Gasteiger partial charge in [0.15, 0.2) is 0 Å². The van der Waals surface area contributed by atoms with Crippen LogP contribution in [0.4, 0.5) is 0 Å². The number of aldehydes is 1. The summed E-state index contributed by atoms with van der Waals surface area (Å²) in [6.07, 6.45) is 1.39. The van der Waals surface area contributed by atoms with Gasteiger partial charge in [0.1, 0.15) is 6.29 Å². The van der Waals surface area contributed by atoms with Crippen LogP contribution in [0.1, 0.15) is 68.7 Å². The van der Waals surface area contributed by atoms with Gasteiger partial charge in [-0.3, -0.25) is 4.79 Å². The Labute approximate surface area is 169 Å². The molecule has 1 fully saturated rings. The zero-order valence-corrected chi connectivity index (χ0v) is 16.4. The first-order chi connectivity index (χ1) is 13.9. The molecule has 0 bridgehead atoms. The van der Waals surface area contributed by atoms with Crippen molar-refractivity contribution < 1.29 is 24.6 Å². The monoisotopic (exact) mass is 395 g/mol. The van der Waals surface area contributed by atoms with E-state index in [0.717, 1.165) is 24.0 Å². The number of rotatable bonds is 6. The minimum absolute atomic E-state index is 0.00451. The molecular formula is C23H25NO5. The van der Waals surface area contributed by atoms with Crippen LogP contribution in [0.25, 0.3) is 0 Å². The van der Waals surface area contributed by atoms with Crippen LogP contribution in [0.3, 0.4) is 0 Å². The van der Waals surface area contributed by atoms with E-state index in [2.05, 4.69) is 0 Å². The fourth-order valence-electron chi connectivity index (χ4n) is 3.85. The highest BCUT2D eigenvalue weighted by molar-refractivity contribution is 5.94. The van der Waals surface area contributed by atoms with Crippen molar-refractivity contribution in [3.63, 3.8) is 0 Å². The van der Waals surface area contributed by atoms with Gasteiger partial charge >= 0.3 is 5.97 Å². The molecule has 1 amide bonds. The molecule has 1 aliphatic heterocycles. The zero-order chi connectivity index (χ0) is 21.0. The highest BCUT2D eigenvalue weighted by atomic mass is 16.4. The fraction of sp³-hybridized carbons (Fsp3) is 0.348. The Balaban J connectivity index is 1.66. The maximum atomic E-state index is 12.9. The molecule has 6 nitrogen and oxygen atoms in total. The number of carbonyl (C=O) groups excluding carboxylic acids is 2. The average Bonchev–Trinajstić information content (AvgIpc) is 2.74. The van der Waals surface area contributed by atoms with E-state index in [-0.39, 0.29) is 17.9 Å². The molecule has 29 heavy (non-hydrogen) atoms. The number of likely N-dealkylation sites (tertiary alicyclic amines) is 1. The fourth-order valence-corrected chi connectivity index (χ4v) is 3.85. The average molecular weight is 395 g/mol. The second kappa shape index (κ2) is 9.01. The molecule has 1 heterocycles. The number of aryl methyl sites for hydroxylation is 1. The smallest absolute Gasteiger partial charge is 0.335 e. The van der Waals surface area contributed by atoms with Crippen molar-refractivity contribution in [3.8, 4) is 0 Å². The summed E-state index contributed by atoms with van der Waals surface area (Å²) in [5.41, 5.74) is 3.33. The number of piperidine rings is 1. The van der Waals surface area contributed by atoms with Gasteiger partial charge in [-0.2, -0.15) is 0 Å². The molecule has 1 unspecified atom stereocenters. The number of nitrogens with zero attached hydrogens (tertiary/aromatic N) is 1. The number of aliphatic hydroxyl groups excluding tert-OH is 1. The van der Waals surface area contributed by atoms with Crippen LogP contribution in [-0.4, -0.2) is 46.4 Å². The van der Waals surface area contributed by atoms with Crippen LogP contribution in [0.5, 0.6) is 0 Å². The third kappa shape index (κ3) is 4.71. The van der Waals surface area contributed by atoms with E-state index in [0.29, 0.717) is 36.4 Å². The van der Waals surface area contributed by atoms with Gasteiger partial charge in [0.05, 0.1) is 11.7 Å². The molecule has 1 aliphatic rings. The summed E-state index contributed by atoms with van der Waals surface area (Å²) in [7, 11) is 0. The van der Waals surface area contributed by atoms with Gasteiger partial charge in [-0.05, 0) is 66.6 Å². The lowest BCUT2D eigenvalue weighted by molar-refractivity contribution is -0.109. The Kier molecular flexibility index (Phi) is 6.44. The Morgan fingerprint density at radius 1 is 1.10 bits per heavy atom. The Morgan fingerprint density at radius 3 is 2.31 bits per heavy atom. The minimum atomic E-state index is -0.937. The number of aromatic carboxylic acids is 1. The number of hydrogen-bond donors (Lipinski definition) is 2. The minimum Gasteiger partial charge on any atom is -0.478 e. The van der Waals surface area contributed by atoms with Crippen LogP contribution < -0.4 is 0 Å². The molecule has 0 aliphatic carbocycles. The van der Waals surface area contributed by atoms with Gasteiger partial charge in [0.2, 0.25) is 0 Å². The van der Waals surface area contributed by atoms with Crippen molar-refractivity contribution in [1.29, 1.82) is 0 Å². The molecule has 3 rings (SSSR count). The van der Waals surface area contributed by atoms with Gasteiger partial charge in [0.25, 0.3) is 5.91 Å². The molecule has 152 valence electrons. The molecule has 2 aromatic carbocycles. The van der Waals surface area contributed by atoms with E-state index >= 15 is 0 Å². The first-order valence-electron chi connectivity index (χ1n) is 9.75. The lowest BCUT2D eigenvalue weighted by atomic mass is 9.88. The summed E-state index contributed by atoms with van der Waals surface area (Å²) >= 11 is 0. The van der Waals surface area contributed by atoms with E-state index in [4.69, 9.17) is 5.11 Å². The highest BCUT2D eigenvalue weighted by Crippen LogP contribution is 2.29. The van der Waals surface area contributed by atoms with Crippen molar-refractivity contribution in [2.24, 2.45) is 0 Å². The lowest BCUT2D eigenvalue weighted by Crippen LogP contribution is -2.38. The van der Waals surface area contributed by atoms with Crippen molar-refractivity contribution in [2.45, 2.75) is 38.2 Å². The molecule has 2 aromatic rings. The number of carbonyl (C=O) groups is 3. The van der Waals surface area contributed by atoms with Crippen LogP contribution in [-0.2, 0) is 4.79 Å². The summed E-state index contributed by atoms with van der Waals surface area (Å²) < 4.78 is 0. The second-order valence-corrected chi connectivity index (χ2v) is 7.48. The number of aliphatic hydroxyl groups is 1. The van der Waals surface area contributed by atoms with Crippen molar-refractivity contribution in [2.75, 3.05) is 13.1 Å². The quantitative estimate of drug-likeness (QED) is 0.732. The van der Waals surface area contributed by atoms with Gasteiger partial charge in [0, 0.05) is 25.1 Å². The molecule has 0 saturated carbocycles. The molecule has 0 spiro atoms. The normalized spacial score (nSPS) is 15.7. The summed E-state index contributed by atoms with van der Waals surface area (Å²) in [6.45, 7) is 3.08. The summed E-state index contributed by atoms with van der Waals surface area (Å²) in [5, 5.41) is 19.2. The highest BCUT2D eigenvalue weighted by Gasteiger charge is 2.25. The third-order valence-corrected chi connectivity index (χ3v) is 5.62. The van der Waals surface area contributed by atoms with E-state index in [1.54, 1.807) is 30.3 Å². The molecule has 0 radical (unpaired) electrons. The second-order valence-electron chi connectivity index (χ2n) is 7.48. The Bertz CT molecular complexity index is 898. The zero-order valence-electron chi connectivity index (χ0n) is 16.4. The van der Waals surface area contributed by atoms with E-state index < -0.39 is 12.1 Å². The molecule has 1 saturated heterocycles. The lowest BCUT2D eigenvalue weighted by Gasteiger charge is -2.32. The van der Waals surface area contributed by atoms with Gasteiger partial charge in [-0.25, -0.2) is 4.79 Å². The molecule has 0 aromatic heterocycles. The van der Waals surface area contributed by atoms with Gasteiger partial charge in [-0.1, -0.05) is 18.2 Å². The van der Waals surface area contributed by atoms with E-state index in [9.17, 15) is 19.5 Å². The number of carboxylic acid groups (broad SMARTS) is 1. The summed E-state index contributed by atoms with van der Waals surface area (Å²) in [4.78, 5) is 36.4. The Hall–Kier alpha value is -2.99. The van der Waals surface area contributed by atoms with Crippen LogP contribution in [0.15, 0.2) is 42.5 Å². The number of benzene rings is 2. The molecule has 6 heteroatoms. The Morgan fingerprint density at radius 2 is 1.72 bits per heavy atom. The number of hydrogen-bond acceptors (Lipinski definition) is 4. The summed E-state index contributed by atoms with van der Waals surface area (Å²) in [5.74, 6) is -0.721. The molecule has 2 N–H and O–H groups in total.